The maximum atomic E-state index is 6.03. The fraction of sp³-hybridized carbons (Fsp3) is 0.357. The van der Waals surface area contributed by atoms with E-state index < -0.39 is 0 Å². The van der Waals surface area contributed by atoms with Gasteiger partial charge in [-0.25, -0.2) is 9.97 Å². The molecular weight excluding hydrogens is 252 g/mol. The minimum Gasteiger partial charge on any atom is -0.369 e. The fourth-order valence-corrected chi connectivity index (χ4v) is 2.45. The second-order valence-electron chi connectivity index (χ2n) is 4.98. The van der Waals surface area contributed by atoms with E-state index >= 15 is 0 Å². The maximum Gasteiger partial charge on any atom is 0.202 e. The Morgan fingerprint density at radius 2 is 2.05 bits per heavy atom. The van der Waals surface area contributed by atoms with Crippen LogP contribution in [0, 0.1) is 6.92 Å². The second kappa shape index (κ2) is 4.63. The van der Waals surface area contributed by atoms with Crippen molar-refractivity contribution in [3.63, 3.8) is 0 Å². The summed E-state index contributed by atoms with van der Waals surface area (Å²) in [6.07, 6.45) is 2.93. The number of rotatable bonds is 3. The van der Waals surface area contributed by atoms with E-state index in [2.05, 4.69) is 22.0 Å². The van der Waals surface area contributed by atoms with Crippen LogP contribution in [0.15, 0.2) is 18.3 Å². The molecule has 2 N–H and O–H groups in total. The number of aryl methyl sites for hydroxylation is 3. The van der Waals surface area contributed by atoms with Crippen molar-refractivity contribution in [2.45, 2.75) is 26.8 Å². The first-order chi connectivity index (χ1) is 9.58. The molecule has 0 radical (unpaired) electrons. The molecule has 6 nitrogen and oxygen atoms in total. The first kappa shape index (κ1) is 12.7. The minimum atomic E-state index is 0.490. The quantitative estimate of drug-likeness (QED) is 0.785. The Hall–Kier alpha value is -2.37. The van der Waals surface area contributed by atoms with Gasteiger partial charge in [0.2, 0.25) is 5.95 Å². The van der Waals surface area contributed by atoms with Crippen molar-refractivity contribution in [1.29, 1.82) is 0 Å². The zero-order valence-electron chi connectivity index (χ0n) is 12.0. The third-order valence-electron chi connectivity index (χ3n) is 3.42. The van der Waals surface area contributed by atoms with Crippen molar-refractivity contribution in [2.24, 2.45) is 7.05 Å². The molecule has 0 saturated carbocycles. The van der Waals surface area contributed by atoms with Crippen LogP contribution in [0.5, 0.6) is 0 Å². The van der Waals surface area contributed by atoms with E-state index in [1.165, 1.54) is 0 Å². The summed E-state index contributed by atoms with van der Waals surface area (Å²) in [5.74, 6) is 0.490. The molecule has 0 aliphatic carbocycles. The van der Waals surface area contributed by atoms with Gasteiger partial charge >= 0.3 is 0 Å². The molecule has 0 bridgehead atoms. The van der Waals surface area contributed by atoms with Gasteiger partial charge in [0.15, 0.2) is 5.65 Å². The first-order valence-corrected chi connectivity index (χ1v) is 6.69. The van der Waals surface area contributed by atoms with Gasteiger partial charge in [0, 0.05) is 24.5 Å². The number of aromatic nitrogens is 5. The van der Waals surface area contributed by atoms with Gasteiger partial charge in [-0.3, -0.25) is 9.25 Å². The van der Waals surface area contributed by atoms with Gasteiger partial charge in [-0.15, -0.1) is 0 Å². The Morgan fingerprint density at radius 1 is 1.25 bits per heavy atom. The van der Waals surface area contributed by atoms with Crippen LogP contribution < -0.4 is 5.73 Å². The van der Waals surface area contributed by atoms with Crippen molar-refractivity contribution in [2.75, 3.05) is 5.73 Å². The number of nitrogen functional groups attached to an aromatic ring is 1. The Morgan fingerprint density at radius 3 is 2.80 bits per heavy atom. The van der Waals surface area contributed by atoms with Gasteiger partial charge in [-0.2, -0.15) is 5.10 Å². The zero-order chi connectivity index (χ0) is 14.3. The average Bonchev–Trinajstić information content (AvgIpc) is 2.91. The number of nitrogens with two attached hydrogens (primary N) is 1. The van der Waals surface area contributed by atoms with Crippen molar-refractivity contribution < 1.29 is 0 Å². The predicted octanol–water partition coefficient (Wildman–Crippen LogP) is 1.67. The molecule has 0 unspecified atom stereocenters. The van der Waals surface area contributed by atoms with E-state index in [0.29, 0.717) is 12.5 Å². The number of imidazole rings is 1. The van der Waals surface area contributed by atoms with Gasteiger partial charge in [0.1, 0.15) is 5.52 Å². The normalized spacial score (nSPS) is 11.3. The third kappa shape index (κ3) is 2.03. The van der Waals surface area contributed by atoms with Crippen molar-refractivity contribution in [1.82, 2.24) is 24.3 Å². The lowest BCUT2D eigenvalue weighted by molar-refractivity contribution is 0.746. The number of anilines is 1. The highest BCUT2D eigenvalue weighted by molar-refractivity contribution is 5.74. The van der Waals surface area contributed by atoms with E-state index in [4.69, 9.17) is 5.73 Å². The van der Waals surface area contributed by atoms with Crippen LogP contribution in [0.3, 0.4) is 0 Å². The molecule has 3 rings (SSSR count). The van der Waals surface area contributed by atoms with Crippen LogP contribution in [0.25, 0.3) is 11.2 Å². The van der Waals surface area contributed by atoms with Crippen LogP contribution in [-0.4, -0.2) is 24.3 Å². The SMILES string of the molecule is CCc1nn(C)cc1Cn1c(N)nc2ccc(C)nc21. The zero-order valence-corrected chi connectivity index (χ0v) is 12.0. The van der Waals surface area contributed by atoms with E-state index in [1.807, 2.05) is 41.5 Å². The Kier molecular flexibility index (Phi) is 2.93. The predicted molar refractivity (Wildman–Crippen MR) is 78.4 cm³/mol. The van der Waals surface area contributed by atoms with Crippen LogP contribution in [0.2, 0.25) is 0 Å². The lowest BCUT2D eigenvalue weighted by atomic mass is 10.2. The van der Waals surface area contributed by atoms with E-state index in [9.17, 15) is 0 Å². The Balaban J connectivity index is 2.10. The molecule has 0 fully saturated rings. The van der Waals surface area contributed by atoms with Crippen LogP contribution in [-0.2, 0) is 20.0 Å². The van der Waals surface area contributed by atoms with Crippen LogP contribution in [0.1, 0.15) is 23.9 Å². The van der Waals surface area contributed by atoms with E-state index in [1.54, 1.807) is 0 Å². The summed E-state index contributed by atoms with van der Waals surface area (Å²) in [7, 11) is 1.93. The Bertz CT molecular complexity index is 767. The fourth-order valence-electron chi connectivity index (χ4n) is 2.45. The smallest absolute Gasteiger partial charge is 0.202 e. The lowest BCUT2D eigenvalue weighted by Gasteiger charge is -2.05. The minimum absolute atomic E-state index is 0.490. The van der Waals surface area contributed by atoms with Gasteiger partial charge in [-0.1, -0.05) is 6.92 Å². The lowest BCUT2D eigenvalue weighted by Crippen LogP contribution is -2.06. The van der Waals surface area contributed by atoms with Crippen LogP contribution >= 0.6 is 0 Å². The summed E-state index contributed by atoms with van der Waals surface area (Å²) >= 11 is 0. The van der Waals surface area contributed by atoms with Crippen LogP contribution in [0.4, 0.5) is 5.95 Å². The second-order valence-corrected chi connectivity index (χ2v) is 4.98. The highest BCUT2D eigenvalue weighted by Crippen LogP contribution is 2.19. The highest BCUT2D eigenvalue weighted by atomic mass is 15.3. The average molecular weight is 270 g/mol. The molecule has 0 amide bonds. The topological polar surface area (TPSA) is 74.5 Å². The molecule has 0 aliphatic heterocycles. The Labute approximate surface area is 117 Å². The summed E-state index contributed by atoms with van der Waals surface area (Å²) in [4.78, 5) is 8.91. The number of hydrogen-bond donors (Lipinski definition) is 1. The maximum absolute atomic E-state index is 6.03. The monoisotopic (exact) mass is 270 g/mol. The van der Waals surface area contributed by atoms with E-state index in [-0.39, 0.29) is 0 Å². The molecular formula is C14H18N6. The molecule has 0 aliphatic rings. The number of nitrogens with zero attached hydrogens (tertiary/aromatic N) is 5. The summed E-state index contributed by atoms with van der Waals surface area (Å²) in [6, 6.07) is 3.90. The van der Waals surface area contributed by atoms with Crippen molar-refractivity contribution in [3.05, 3.63) is 35.3 Å². The number of pyridine rings is 1. The molecule has 3 aromatic rings. The molecule has 3 aromatic heterocycles. The summed E-state index contributed by atoms with van der Waals surface area (Å²) in [5, 5.41) is 4.46. The van der Waals surface area contributed by atoms with Crippen molar-refractivity contribution in [3.8, 4) is 0 Å². The molecule has 0 atom stereocenters. The molecule has 0 spiro atoms. The third-order valence-corrected chi connectivity index (χ3v) is 3.42. The molecule has 0 saturated heterocycles. The van der Waals surface area contributed by atoms with Gasteiger partial charge in [0.05, 0.1) is 12.2 Å². The summed E-state index contributed by atoms with van der Waals surface area (Å²) < 4.78 is 3.78. The van der Waals surface area contributed by atoms with Gasteiger partial charge in [0.25, 0.3) is 0 Å². The molecule has 20 heavy (non-hydrogen) atoms. The van der Waals surface area contributed by atoms with Crippen molar-refractivity contribution >= 4 is 17.1 Å². The largest absolute Gasteiger partial charge is 0.369 e. The van der Waals surface area contributed by atoms with Gasteiger partial charge < -0.3 is 5.73 Å². The number of hydrogen-bond acceptors (Lipinski definition) is 4. The highest BCUT2D eigenvalue weighted by Gasteiger charge is 2.13. The molecule has 0 aromatic carbocycles. The summed E-state index contributed by atoms with van der Waals surface area (Å²) in [5.41, 5.74) is 10.9. The number of fused-ring (bicyclic) bond motifs is 1. The molecule has 3 heterocycles. The first-order valence-electron chi connectivity index (χ1n) is 6.69. The van der Waals surface area contributed by atoms with E-state index in [0.717, 1.165) is 34.5 Å². The standard InChI is InChI=1S/C14H18N6/c1-4-11-10(7-19(3)18-11)8-20-13-12(17-14(20)15)6-5-9(2)16-13/h5-7H,4,8H2,1-3H3,(H2,15,17). The summed E-state index contributed by atoms with van der Waals surface area (Å²) in [6.45, 7) is 4.72. The van der Waals surface area contributed by atoms with Gasteiger partial charge in [-0.05, 0) is 25.5 Å². The molecule has 6 heteroatoms. The molecule has 104 valence electrons.